The number of aromatic nitrogens is 1. The van der Waals surface area contributed by atoms with Crippen molar-refractivity contribution >= 4 is 33.6 Å². The van der Waals surface area contributed by atoms with Crippen LogP contribution in [0.3, 0.4) is 0 Å². The number of hydrazone groups is 1. The predicted molar refractivity (Wildman–Crippen MR) is 114 cm³/mol. The van der Waals surface area contributed by atoms with E-state index in [9.17, 15) is 14.5 Å². The molecule has 0 saturated carbocycles. The largest absolute Gasteiger partial charge is 0.493 e. The van der Waals surface area contributed by atoms with Gasteiger partial charge >= 0.3 is 0 Å². The van der Waals surface area contributed by atoms with Crippen LogP contribution in [0.25, 0.3) is 0 Å². The summed E-state index contributed by atoms with van der Waals surface area (Å²) < 4.78 is 24.9. The van der Waals surface area contributed by atoms with Crippen LogP contribution in [0, 0.1) is 15.9 Å². The van der Waals surface area contributed by atoms with Crippen LogP contribution in [-0.2, 0) is 6.61 Å². The number of pyridine rings is 1. The number of nitro groups is 1. The second kappa shape index (κ2) is 9.79. The number of hydrogen-bond acceptors (Lipinski definition) is 7. The first kappa shape index (κ1) is 21.2. The molecule has 1 aromatic heterocycles. The van der Waals surface area contributed by atoms with Gasteiger partial charge in [0.1, 0.15) is 24.4 Å². The van der Waals surface area contributed by atoms with Gasteiger partial charge in [-0.05, 0) is 51.8 Å². The van der Waals surface area contributed by atoms with Crippen LogP contribution in [-0.4, -0.2) is 23.2 Å². The standard InChI is InChI=1S/C20H16BrFN4O4/c1-29-18-8-14(10-24-25-20-7-6-16(11-23-20)26(27)28)17(21)9-19(18)30-12-13-2-4-15(22)5-3-13/h2-11H,12H2,1H3,(H,23,25)/b24-10+. The maximum atomic E-state index is 13.0. The molecule has 0 saturated heterocycles. The molecule has 0 spiro atoms. The summed E-state index contributed by atoms with van der Waals surface area (Å²) in [6.07, 6.45) is 2.68. The Labute approximate surface area is 179 Å². The van der Waals surface area contributed by atoms with Crippen molar-refractivity contribution in [3.05, 3.63) is 86.3 Å². The van der Waals surface area contributed by atoms with Gasteiger partial charge in [-0.15, -0.1) is 0 Å². The molecule has 3 aromatic rings. The van der Waals surface area contributed by atoms with E-state index in [-0.39, 0.29) is 18.1 Å². The Bertz CT molecular complexity index is 1060. The molecule has 0 aliphatic heterocycles. The van der Waals surface area contributed by atoms with Gasteiger partial charge in [-0.3, -0.25) is 15.5 Å². The quantitative estimate of drug-likeness (QED) is 0.282. The first-order valence-corrected chi connectivity index (χ1v) is 9.40. The van der Waals surface area contributed by atoms with E-state index in [1.54, 1.807) is 30.5 Å². The average Bonchev–Trinajstić information content (AvgIpc) is 2.75. The van der Waals surface area contributed by atoms with Gasteiger partial charge < -0.3 is 9.47 Å². The second-order valence-electron chi connectivity index (χ2n) is 5.97. The molecule has 154 valence electrons. The summed E-state index contributed by atoms with van der Waals surface area (Å²) in [5.41, 5.74) is 4.12. The lowest BCUT2D eigenvalue weighted by Crippen LogP contribution is -2.00. The van der Waals surface area contributed by atoms with Crippen molar-refractivity contribution in [2.75, 3.05) is 12.5 Å². The van der Waals surface area contributed by atoms with E-state index in [1.165, 1.54) is 31.4 Å². The minimum absolute atomic E-state index is 0.103. The Hall–Kier alpha value is -3.53. The normalized spacial score (nSPS) is 10.8. The summed E-state index contributed by atoms with van der Waals surface area (Å²) in [6.45, 7) is 0.254. The van der Waals surface area contributed by atoms with Crippen LogP contribution in [0.4, 0.5) is 15.9 Å². The van der Waals surface area contributed by atoms with Crippen LogP contribution in [0.1, 0.15) is 11.1 Å². The van der Waals surface area contributed by atoms with Crippen molar-refractivity contribution in [2.45, 2.75) is 6.61 Å². The van der Waals surface area contributed by atoms with Gasteiger partial charge in [0.2, 0.25) is 0 Å². The van der Waals surface area contributed by atoms with Crippen molar-refractivity contribution in [1.29, 1.82) is 0 Å². The molecule has 0 amide bonds. The van der Waals surface area contributed by atoms with Crippen LogP contribution in [0.2, 0.25) is 0 Å². The highest BCUT2D eigenvalue weighted by Gasteiger charge is 2.10. The molecular formula is C20H16BrFN4O4. The molecule has 0 fully saturated rings. The zero-order chi connectivity index (χ0) is 21.5. The minimum atomic E-state index is -0.525. The number of anilines is 1. The molecule has 1 heterocycles. The van der Waals surface area contributed by atoms with E-state index >= 15 is 0 Å². The molecule has 3 rings (SSSR count). The first-order valence-electron chi connectivity index (χ1n) is 8.60. The molecule has 1 N–H and O–H groups in total. The van der Waals surface area contributed by atoms with Gasteiger partial charge in [0.15, 0.2) is 11.5 Å². The number of methoxy groups -OCH3 is 1. The van der Waals surface area contributed by atoms with Crippen molar-refractivity contribution in [2.24, 2.45) is 5.10 Å². The number of nitrogens with zero attached hydrogens (tertiary/aromatic N) is 3. The predicted octanol–water partition coefficient (Wildman–Crippen LogP) is 4.93. The molecule has 0 atom stereocenters. The fraction of sp³-hybridized carbons (Fsp3) is 0.100. The summed E-state index contributed by atoms with van der Waals surface area (Å²) in [5, 5.41) is 14.7. The molecule has 0 aliphatic rings. The molecule has 8 nitrogen and oxygen atoms in total. The highest BCUT2D eigenvalue weighted by atomic mass is 79.9. The Morgan fingerprint density at radius 2 is 2.00 bits per heavy atom. The van der Waals surface area contributed by atoms with Gasteiger partial charge in [0.05, 0.1) is 18.2 Å². The second-order valence-corrected chi connectivity index (χ2v) is 6.82. The molecule has 2 aromatic carbocycles. The lowest BCUT2D eigenvalue weighted by atomic mass is 10.2. The molecule has 0 bridgehead atoms. The molecule has 0 aliphatic carbocycles. The smallest absolute Gasteiger partial charge is 0.287 e. The zero-order valence-electron chi connectivity index (χ0n) is 15.7. The van der Waals surface area contributed by atoms with Crippen LogP contribution < -0.4 is 14.9 Å². The molecule has 0 radical (unpaired) electrons. The van der Waals surface area contributed by atoms with E-state index in [0.717, 1.165) is 11.8 Å². The van der Waals surface area contributed by atoms with Crippen LogP contribution in [0.15, 0.2) is 64.3 Å². The number of halogens is 2. The fourth-order valence-corrected chi connectivity index (χ4v) is 2.82. The first-order chi connectivity index (χ1) is 14.5. The van der Waals surface area contributed by atoms with Gasteiger partial charge in [-0.1, -0.05) is 12.1 Å². The Morgan fingerprint density at radius 3 is 2.63 bits per heavy atom. The van der Waals surface area contributed by atoms with E-state index < -0.39 is 4.92 Å². The van der Waals surface area contributed by atoms with Crippen molar-refractivity contribution < 1.29 is 18.8 Å². The third-order valence-corrected chi connectivity index (χ3v) is 4.62. The third-order valence-electron chi connectivity index (χ3n) is 3.93. The highest BCUT2D eigenvalue weighted by molar-refractivity contribution is 9.10. The summed E-state index contributed by atoms with van der Waals surface area (Å²) in [6, 6.07) is 12.3. The van der Waals surface area contributed by atoms with E-state index in [0.29, 0.717) is 27.4 Å². The van der Waals surface area contributed by atoms with E-state index in [2.05, 4.69) is 31.4 Å². The van der Waals surface area contributed by atoms with Gasteiger partial charge in [0, 0.05) is 16.1 Å². The lowest BCUT2D eigenvalue weighted by molar-refractivity contribution is -0.385. The number of hydrogen-bond donors (Lipinski definition) is 1. The zero-order valence-corrected chi connectivity index (χ0v) is 17.3. The number of nitrogens with one attached hydrogen (secondary N) is 1. The molecule has 10 heteroatoms. The topological polar surface area (TPSA) is 98.9 Å². The Balaban J connectivity index is 1.68. The van der Waals surface area contributed by atoms with Crippen molar-refractivity contribution in [1.82, 2.24) is 4.98 Å². The minimum Gasteiger partial charge on any atom is -0.493 e. The maximum Gasteiger partial charge on any atom is 0.287 e. The molecular weight excluding hydrogens is 459 g/mol. The summed E-state index contributed by atoms with van der Waals surface area (Å²) in [7, 11) is 1.52. The van der Waals surface area contributed by atoms with Crippen molar-refractivity contribution in [3.63, 3.8) is 0 Å². The fourth-order valence-electron chi connectivity index (χ4n) is 2.39. The molecule has 30 heavy (non-hydrogen) atoms. The van der Waals surface area contributed by atoms with Crippen molar-refractivity contribution in [3.8, 4) is 11.5 Å². The monoisotopic (exact) mass is 474 g/mol. The van der Waals surface area contributed by atoms with Gasteiger partial charge in [-0.2, -0.15) is 5.10 Å². The van der Waals surface area contributed by atoms with Gasteiger partial charge in [-0.25, -0.2) is 9.37 Å². The van der Waals surface area contributed by atoms with Crippen LogP contribution in [0.5, 0.6) is 11.5 Å². The Morgan fingerprint density at radius 1 is 1.23 bits per heavy atom. The third kappa shape index (κ3) is 5.51. The summed E-state index contributed by atoms with van der Waals surface area (Å²) >= 11 is 3.46. The summed E-state index contributed by atoms with van der Waals surface area (Å²) in [4.78, 5) is 14.0. The number of rotatable bonds is 8. The lowest BCUT2D eigenvalue weighted by Gasteiger charge is -2.13. The number of ether oxygens (including phenoxy) is 2. The number of benzene rings is 2. The average molecular weight is 475 g/mol. The molecule has 0 unspecified atom stereocenters. The van der Waals surface area contributed by atoms with E-state index in [4.69, 9.17) is 9.47 Å². The van der Waals surface area contributed by atoms with E-state index in [1.807, 2.05) is 0 Å². The van der Waals surface area contributed by atoms with Crippen LogP contribution >= 0.6 is 15.9 Å². The van der Waals surface area contributed by atoms with Gasteiger partial charge in [0.25, 0.3) is 5.69 Å². The Kier molecular flexibility index (Phi) is 6.91. The summed E-state index contributed by atoms with van der Waals surface area (Å²) in [5.74, 6) is 1.06. The highest BCUT2D eigenvalue weighted by Crippen LogP contribution is 2.33. The SMILES string of the molecule is COc1cc(/C=N/Nc2ccc([N+](=O)[O-])cn2)c(Br)cc1OCc1ccc(F)cc1. The maximum absolute atomic E-state index is 13.0.